The lowest BCUT2D eigenvalue weighted by Gasteiger charge is -2.10. The van der Waals surface area contributed by atoms with Gasteiger partial charge in [0, 0.05) is 23.8 Å². The monoisotopic (exact) mass is 308 g/mol. The highest BCUT2D eigenvalue weighted by Crippen LogP contribution is 2.21. The van der Waals surface area contributed by atoms with Crippen LogP contribution in [0, 0.1) is 5.92 Å². The van der Waals surface area contributed by atoms with E-state index in [0.29, 0.717) is 24.8 Å². The van der Waals surface area contributed by atoms with Crippen LogP contribution < -0.4 is 0 Å². The Balaban J connectivity index is 2.90. The van der Waals surface area contributed by atoms with Crippen molar-refractivity contribution in [2.45, 2.75) is 51.7 Å². The highest BCUT2D eigenvalue weighted by Gasteiger charge is 2.21. The van der Waals surface area contributed by atoms with Gasteiger partial charge in [-0.05, 0) is 12.3 Å². The summed E-state index contributed by atoms with van der Waals surface area (Å²) in [7, 11) is 1.64. The fraction of sp³-hybridized carbons (Fsp3) is 0.750. The molecule has 0 aliphatic rings. The third kappa shape index (κ3) is 5.12. The van der Waals surface area contributed by atoms with Gasteiger partial charge in [0.2, 0.25) is 0 Å². The van der Waals surface area contributed by atoms with Gasteiger partial charge < -0.3 is 4.74 Å². The number of aryl methyl sites for hydroxylation is 1. The van der Waals surface area contributed by atoms with Gasteiger partial charge in [0.25, 0.3) is 9.05 Å². The molecule has 0 atom stereocenters. The van der Waals surface area contributed by atoms with Crippen LogP contribution in [-0.4, -0.2) is 24.8 Å². The van der Waals surface area contributed by atoms with E-state index in [2.05, 4.69) is 12.0 Å². The lowest BCUT2D eigenvalue weighted by Crippen LogP contribution is -2.11. The number of hydrogen-bond acceptors (Lipinski definition) is 4. The SMILES string of the molecule is CCCCn1ncc(S(=O)(=O)Cl)c1COCC(C)C. The molecule has 0 aliphatic heterocycles. The molecule has 1 heterocycles. The molecule has 110 valence electrons. The fourth-order valence-electron chi connectivity index (χ4n) is 1.63. The average molecular weight is 309 g/mol. The molecule has 0 fully saturated rings. The molecule has 5 nitrogen and oxygen atoms in total. The van der Waals surface area contributed by atoms with Crippen molar-refractivity contribution in [2.75, 3.05) is 6.61 Å². The summed E-state index contributed by atoms with van der Waals surface area (Å²) < 4.78 is 30.2. The zero-order chi connectivity index (χ0) is 14.5. The van der Waals surface area contributed by atoms with Gasteiger partial charge in [-0.3, -0.25) is 4.68 Å². The maximum atomic E-state index is 11.5. The smallest absolute Gasteiger partial charge is 0.264 e. The highest BCUT2D eigenvalue weighted by atomic mass is 35.7. The van der Waals surface area contributed by atoms with Crippen LogP contribution in [0.15, 0.2) is 11.1 Å². The predicted molar refractivity (Wildman–Crippen MR) is 74.7 cm³/mol. The maximum absolute atomic E-state index is 11.5. The molecule has 1 aromatic rings. The first-order valence-corrected chi connectivity index (χ1v) is 8.74. The Kier molecular flexibility index (Phi) is 6.29. The van der Waals surface area contributed by atoms with Crippen molar-refractivity contribution in [1.82, 2.24) is 9.78 Å². The van der Waals surface area contributed by atoms with Gasteiger partial charge in [0.15, 0.2) is 0 Å². The van der Waals surface area contributed by atoms with Crippen LogP contribution in [0.25, 0.3) is 0 Å². The highest BCUT2D eigenvalue weighted by molar-refractivity contribution is 8.13. The minimum Gasteiger partial charge on any atom is -0.375 e. The molecule has 1 rings (SSSR count). The minimum atomic E-state index is -3.78. The van der Waals surface area contributed by atoms with Gasteiger partial charge in [-0.25, -0.2) is 8.42 Å². The standard InChI is InChI=1S/C12H21ClN2O3S/c1-4-5-6-15-11(9-18-8-10(2)3)12(7-14-15)19(13,16)17/h7,10H,4-6,8-9H2,1-3H3. The average Bonchev–Trinajstić information content (AvgIpc) is 2.69. The molecule has 0 aromatic carbocycles. The first-order chi connectivity index (χ1) is 8.86. The Morgan fingerprint density at radius 3 is 2.68 bits per heavy atom. The Morgan fingerprint density at radius 1 is 1.47 bits per heavy atom. The third-order valence-electron chi connectivity index (χ3n) is 2.59. The molecule has 19 heavy (non-hydrogen) atoms. The second-order valence-corrected chi connectivity index (χ2v) is 7.41. The molecule has 0 spiro atoms. The van der Waals surface area contributed by atoms with E-state index in [1.165, 1.54) is 6.20 Å². The van der Waals surface area contributed by atoms with E-state index < -0.39 is 9.05 Å². The Labute approximate surface area is 119 Å². The number of hydrogen-bond donors (Lipinski definition) is 0. The van der Waals surface area contributed by atoms with Gasteiger partial charge in [-0.15, -0.1) is 0 Å². The molecule has 0 bridgehead atoms. The van der Waals surface area contributed by atoms with E-state index in [4.69, 9.17) is 15.4 Å². The van der Waals surface area contributed by atoms with E-state index in [0.717, 1.165) is 12.8 Å². The molecular weight excluding hydrogens is 288 g/mol. The molecular formula is C12H21ClN2O3S. The van der Waals surface area contributed by atoms with Crippen molar-refractivity contribution >= 4 is 19.7 Å². The van der Waals surface area contributed by atoms with E-state index >= 15 is 0 Å². The van der Waals surface area contributed by atoms with Crippen LogP contribution in [0.1, 0.15) is 39.3 Å². The van der Waals surface area contributed by atoms with Crippen molar-refractivity contribution in [1.29, 1.82) is 0 Å². The summed E-state index contributed by atoms with van der Waals surface area (Å²) in [5.74, 6) is 0.392. The van der Waals surface area contributed by atoms with Gasteiger partial charge >= 0.3 is 0 Å². The number of halogens is 1. The molecule has 0 unspecified atom stereocenters. The molecule has 0 radical (unpaired) electrons. The van der Waals surface area contributed by atoms with Crippen molar-refractivity contribution in [3.63, 3.8) is 0 Å². The van der Waals surface area contributed by atoms with Gasteiger partial charge in [-0.1, -0.05) is 27.2 Å². The number of rotatable bonds is 8. The predicted octanol–water partition coefficient (Wildman–Crippen LogP) is 2.78. The summed E-state index contributed by atoms with van der Waals surface area (Å²) in [5, 5.41) is 4.09. The van der Waals surface area contributed by atoms with Crippen LogP contribution in [0.2, 0.25) is 0 Å². The maximum Gasteiger partial charge on any atom is 0.264 e. The zero-order valence-electron chi connectivity index (χ0n) is 11.6. The van der Waals surface area contributed by atoms with E-state index in [9.17, 15) is 8.42 Å². The summed E-state index contributed by atoms with van der Waals surface area (Å²) in [6.45, 7) is 7.59. The van der Waals surface area contributed by atoms with Crippen molar-refractivity contribution < 1.29 is 13.2 Å². The summed E-state index contributed by atoms with van der Waals surface area (Å²) in [5.41, 5.74) is 0.532. The molecule has 1 aromatic heterocycles. The fourth-order valence-corrected chi connectivity index (χ4v) is 2.64. The Hall–Kier alpha value is -0.590. The van der Waals surface area contributed by atoms with Crippen LogP contribution >= 0.6 is 10.7 Å². The topological polar surface area (TPSA) is 61.2 Å². The number of nitrogens with zero attached hydrogens (tertiary/aromatic N) is 2. The van der Waals surface area contributed by atoms with Crippen molar-refractivity contribution in [3.8, 4) is 0 Å². The molecule has 0 aliphatic carbocycles. The first kappa shape index (κ1) is 16.5. The number of aromatic nitrogens is 2. The second kappa shape index (κ2) is 7.26. The van der Waals surface area contributed by atoms with Crippen LogP contribution in [-0.2, 0) is 26.9 Å². The molecule has 0 N–H and O–H groups in total. The van der Waals surface area contributed by atoms with Gasteiger partial charge in [0.1, 0.15) is 4.90 Å². The van der Waals surface area contributed by atoms with Crippen molar-refractivity contribution in [3.05, 3.63) is 11.9 Å². The zero-order valence-corrected chi connectivity index (χ0v) is 13.2. The lowest BCUT2D eigenvalue weighted by molar-refractivity contribution is 0.0903. The Bertz CT molecular complexity index is 497. The summed E-state index contributed by atoms with van der Waals surface area (Å²) in [4.78, 5) is 0.0500. The number of ether oxygens (including phenoxy) is 1. The molecule has 0 saturated heterocycles. The van der Waals surface area contributed by atoms with E-state index in [-0.39, 0.29) is 11.5 Å². The third-order valence-corrected chi connectivity index (χ3v) is 3.95. The minimum absolute atomic E-state index is 0.0500. The van der Waals surface area contributed by atoms with Crippen LogP contribution in [0.3, 0.4) is 0 Å². The lowest BCUT2D eigenvalue weighted by atomic mass is 10.2. The summed E-state index contributed by atoms with van der Waals surface area (Å²) >= 11 is 0. The normalized spacial score (nSPS) is 12.3. The summed E-state index contributed by atoms with van der Waals surface area (Å²) in [6.07, 6.45) is 3.24. The quantitative estimate of drug-likeness (QED) is 0.693. The van der Waals surface area contributed by atoms with E-state index in [1.807, 2.05) is 13.8 Å². The van der Waals surface area contributed by atoms with Crippen LogP contribution in [0.4, 0.5) is 0 Å². The van der Waals surface area contributed by atoms with Gasteiger partial charge in [0.05, 0.1) is 18.5 Å². The second-order valence-electron chi connectivity index (χ2n) is 4.88. The van der Waals surface area contributed by atoms with E-state index in [1.54, 1.807) is 4.68 Å². The number of unbranched alkanes of at least 4 members (excludes halogenated alkanes) is 1. The Morgan fingerprint density at radius 2 is 2.16 bits per heavy atom. The molecule has 0 saturated carbocycles. The largest absolute Gasteiger partial charge is 0.375 e. The molecule has 7 heteroatoms. The van der Waals surface area contributed by atoms with Gasteiger partial charge in [-0.2, -0.15) is 5.10 Å². The van der Waals surface area contributed by atoms with Crippen molar-refractivity contribution in [2.24, 2.45) is 5.92 Å². The summed E-state index contributed by atoms with van der Waals surface area (Å²) in [6, 6.07) is 0. The molecule has 0 amide bonds. The van der Waals surface area contributed by atoms with Crippen LogP contribution in [0.5, 0.6) is 0 Å². The first-order valence-electron chi connectivity index (χ1n) is 6.43.